The summed E-state index contributed by atoms with van der Waals surface area (Å²) in [4.78, 5) is 37.5. The smallest absolute Gasteiger partial charge is 0.306 e. The van der Waals surface area contributed by atoms with Crippen LogP contribution in [0.1, 0.15) is 194 Å². The van der Waals surface area contributed by atoms with Crippen LogP contribution in [0, 0.1) is 0 Å². The Balaban J connectivity index is 4.42. The molecule has 0 rings (SSSR count). The normalized spacial score (nSPS) is 14.0. The number of phosphoric acid groups is 1. The number of likely N-dealkylation sites (N-methyl/N-ethyl adjacent to an activating group) is 1. The molecule has 0 N–H and O–H groups in total. The first-order valence-electron chi connectivity index (χ1n) is 23.3. The summed E-state index contributed by atoms with van der Waals surface area (Å²) >= 11 is 0. The number of nitrogens with zero attached hydrogens (tertiary/aromatic N) is 1. The van der Waals surface area contributed by atoms with E-state index in [4.69, 9.17) is 18.5 Å². The number of hydrogen-bond acceptors (Lipinski definition) is 8. The van der Waals surface area contributed by atoms with Crippen LogP contribution in [0.3, 0.4) is 0 Å². The van der Waals surface area contributed by atoms with Crippen LogP contribution in [-0.2, 0) is 32.7 Å². The number of phosphoric ester groups is 1. The molecule has 0 heterocycles. The maximum atomic E-state index is 12.7. The lowest BCUT2D eigenvalue weighted by atomic mass is 10.0. The van der Waals surface area contributed by atoms with Crippen LogP contribution >= 0.6 is 7.82 Å². The minimum Gasteiger partial charge on any atom is -0.756 e. The molecule has 0 bridgehead atoms. The van der Waals surface area contributed by atoms with Crippen molar-refractivity contribution in [3.63, 3.8) is 0 Å². The van der Waals surface area contributed by atoms with Gasteiger partial charge >= 0.3 is 11.9 Å². The topological polar surface area (TPSA) is 111 Å². The van der Waals surface area contributed by atoms with E-state index in [1.807, 2.05) is 27.2 Å². The standard InChI is InChI=1S/C48H88NO8P/c1-6-8-10-12-14-16-18-20-21-22-23-24-25-26-27-29-31-33-35-37-39-41-48(51)57-46(45-56-58(52,53)55-43-42-49(3,4)5)44-54-47(50)40-38-36-34-32-30-28-19-17-15-13-11-9-7-2/h21-22,24-25,27,29,33,35,46H,6-20,23,26,28,30-32,34,36-45H2,1-5H3/b22-21+,25-24+,29-27+,35-33+/t46-/m1/s1. The van der Waals surface area contributed by atoms with Crippen molar-refractivity contribution in [3.8, 4) is 0 Å². The van der Waals surface area contributed by atoms with Crippen molar-refractivity contribution in [1.29, 1.82) is 0 Å². The van der Waals surface area contributed by atoms with Gasteiger partial charge in [-0.05, 0) is 51.4 Å². The molecule has 0 saturated carbocycles. The molecule has 2 atom stereocenters. The number of esters is 2. The van der Waals surface area contributed by atoms with Gasteiger partial charge in [0.2, 0.25) is 0 Å². The van der Waals surface area contributed by atoms with Crippen LogP contribution in [0.2, 0.25) is 0 Å². The lowest BCUT2D eigenvalue weighted by molar-refractivity contribution is -0.870. The van der Waals surface area contributed by atoms with Gasteiger partial charge < -0.3 is 27.9 Å². The average molecular weight is 838 g/mol. The van der Waals surface area contributed by atoms with Crippen molar-refractivity contribution in [2.75, 3.05) is 47.5 Å². The number of quaternary nitrogens is 1. The van der Waals surface area contributed by atoms with Crippen molar-refractivity contribution in [2.45, 2.75) is 200 Å². The molecule has 58 heavy (non-hydrogen) atoms. The van der Waals surface area contributed by atoms with Gasteiger partial charge in [-0.15, -0.1) is 0 Å². The van der Waals surface area contributed by atoms with E-state index in [1.54, 1.807) is 0 Å². The molecule has 0 aliphatic rings. The molecular formula is C48H88NO8P. The highest BCUT2D eigenvalue weighted by Crippen LogP contribution is 2.38. The highest BCUT2D eigenvalue weighted by atomic mass is 31.2. The van der Waals surface area contributed by atoms with Crippen molar-refractivity contribution >= 4 is 19.8 Å². The van der Waals surface area contributed by atoms with E-state index in [0.717, 1.165) is 38.5 Å². The number of unbranched alkanes of at least 4 members (excludes halogenated alkanes) is 20. The first kappa shape index (κ1) is 56.0. The summed E-state index contributed by atoms with van der Waals surface area (Å²) in [6.45, 7) is 4.16. The van der Waals surface area contributed by atoms with Crippen molar-refractivity contribution in [1.82, 2.24) is 0 Å². The summed E-state index contributed by atoms with van der Waals surface area (Å²) in [7, 11) is 1.13. The molecule has 0 aromatic rings. The molecule has 0 aliphatic heterocycles. The molecule has 1 unspecified atom stereocenters. The molecule has 0 aromatic carbocycles. The van der Waals surface area contributed by atoms with Gasteiger partial charge in [0.05, 0.1) is 27.7 Å². The Labute approximate surface area is 356 Å². The summed E-state index contributed by atoms with van der Waals surface area (Å²) in [6.07, 6.45) is 47.2. The molecule has 0 aromatic heterocycles. The maximum Gasteiger partial charge on any atom is 0.306 e. The van der Waals surface area contributed by atoms with E-state index in [9.17, 15) is 19.0 Å². The number of hydrogen-bond donors (Lipinski definition) is 0. The molecule has 10 heteroatoms. The first-order valence-corrected chi connectivity index (χ1v) is 24.8. The molecule has 0 saturated heterocycles. The second kappa shape index (κ2) is 40.4. The second-order valence-electron chi connectivity index (χ2n) is 16.8. The minimum atomic E-state index is -4.64. The molecular weight excluding hydrogens is 750 g/mol. The number of carbonyl (C=O) groups is 2. The fourth-order valence-corrected chi connectivity index (χ4v) is 6.91. The SMILES string of the molecule is CCCCCCCCC/C=C/C/C=C/C/C=C/C/C=C/CCCC(=O)O[C@H](COC(=O)CCCCCCCCCCCCCCC)COP(=O)([O-])OCC[N+](C)(C)C. The molecule has 9 nitrogen and oxygen atoms in total. The predicted octanol–water partition coefficient (Wildman–Crippen LogP) is 12.8. The minimum absolute atomic E-state index is 0.0412. The van der Waals surface area contributed by atoms with Crippen LogP contribution in [0.25, 0.3) is 0 Å². The van der Waals surface area contributed by atoms with Gasteiger partial charge in [-0.3, -0.25) is 14.2 Å². The number of allylic oxidation sites excluding steroid dienone is 8. The van der Waals surface area contributed by atoms with Gasteiger partial charge in [0.1, 0.15) is 19.8 Å². The Bertz CT molecular complexity index is 1130. The van der Waals surface area contributed by atoms with Crippen LogP contribution < -0.4 is 4.89 Å². The lowest BCUT2D eigenvalue weighted by Crippen LogP contribution is -2.37. The van der Waals surface area contributed by atoms with Gasteiger partial charge in [0.25, 0.3) is 7.82 Å². The Morgan fingerprint density at radius 2 is 0.948 bits per heavy atom. The van der Waals surface area contributed by atoms with Crippen LogP contribution in [0.5, 0.6) is 0 Å². The molecule has 0 fully saturated rings. The summed E-state index contributed by atoms with van der Waals surface area (Å²) in [5.74, 6) is -0.897. The monoisotopic (exact) mass is 838 g/mol. The third-order valence-corrected chi connectivity index (χ3v) is 10.8. The first-order chi connectivity index (χ1) is 28.0. The molecule has 0 aliphatic carbocycles. The quantitative estimate of drug-likeness (QED) is 0.0196. The predicted molar refractivity (Wildman–Crippen MR) is 240 cm³/mol. The Morgan fingerprint density at radius 1 is 0.534 bits per heavy atom. The van der Waals surface area contributed by atoms with E-state index >= 15 is 0 Å². The second-order valence-corrected chi connectivity index (χ2v) is 18.2. The average Bonchev–Trinajstić information content (AvgIpc) is 3.17. The van der Waals surface area contributed by atoms with Crippen molar-refractivity contribution < 1.29 is 42.1 Å². The summed E-state index contributed by atoms with van der Waals surface area (Å²) in [6, 6.07) is 0. The molecule has 0 spiro atoms. The van der Waals surface area contributed by atoms with E-state index in [1.165, 1.54) is 116 Å². The zero-order valence-corrected chi connectivity index (χ0v) is 38.9. The van der Waals surface area contributed by atoms with Gasteiger partial charge in [0.15, 0.2) is 6.10 Å². The molecule has 0 amide bonds. The maximum absolute atomic E-state index is 12.7. The number of carbonyl (C=O) groups excluding carboxylic acids is 2. The van der Waals surface area contributed by atoms with Crippen LogP contribution in [0.15, 0.2) is 48.6 Å². The van der Waals surface area contributed by atoms with Gasteiger partial charge in [-0.1, -0.05) is 178 Å². The molecule has 338 valence electrons. The lowest BCUT2D eigenvalue weighted by Gasteiger charge is -2.28. The Morgan fingerprint density at radius 3 is 1.43 bits per heavy atom. The Hall–Kier alpha value is -2.03. The van der Waals surface area contributed by atoms with Crippen LogP contribution in [-0.4, -0.2) is 70.0 Å². The van der Waals surface area contributed by atoms with Crippen molar-refractivity contribution in [3.05, 3.63) is 48.6 Å². The highest BCUT2D eigenvalue weighted by molar-refractivity contribution is 7.45. The fourth-order valence-electron chi connectivity index (χ4n) is 6.18. The van der Waals surface area contributed by atoms with E-state index in [0.29, 0.717) is 23.9 Å². The summed E-state index contributed by atoms with van der Waals surface area (Å²) < 4.78 is 33.9. The zero-order valence-electron chi connectivity index (χ0n) is 38.0. The Kier molecular flexibility index (Phi) is 39.0. The van der Waals surface area contributed by atoms with E-state index in [-0.39, 0.29) is 26.1 Å². The van der Waals surface area contributed by atoms with Crippen LogP contribution in [0.4, 0.5) is 0 Å². The van der Waals surface area contributed by atoms with Crippen molar-refractivity contribution in [2.24, 2.45) is 0 Å². The van der Waals surface area contributed by atoms with E-state index in [2.05, 4.69) is 56.4 Å². The van der Waals surface area contributed by atoms with E-state index < -0.39 is 32.5 Å². The fraction of sp³-hybridized carbons (Fsp3) is 0.792. The van der Waals surface area contributed by atoms with Gasteiger partial charge in [-0.2, -0.15) is 0 Å². The van der Waals surface area contributed by atoms with Gasteiger partial charge in [0, 0.05) is 12.8 Å². The zero-order chi connectivity index (χ0) is 42.8. The number of ether oxygens (including phenoxy) is 2. The third-order valence-electron chi connectivity index (χ3n) is 9.85. The molecule has 0 radical (unpaired) electrons. The highest BCUT2D eigenvalue weighted by Gasteiger charge is 2.21. The summed E-state index contributed by atoms with van der Waals surface area (Å²) in [5.41, 5.74) is 0. The van der Waals surface area contributed by atoms with Gasteiger partial charge in [-0.25, -0.2) is 0 Å². The number of rotatable bonds is 42. The largest absolute Gasteiger partial charge is 0.756 e. The third kappa shape index (κ3) is 43.5. The summed E-state index contributed by atoms with van der Waals surface area (Å²) in [5, 5.41) is 0.